The molecule has 0 bridgehead atoms. The Balaban J connectivity index is 2.04. The Labute approximate surface area is 115 Å². The number of carbonyl (C=O) groups is 1. The largest absolute Gasteiger partial charge is 0.343 e. The number of aryl methyl sites for hydroxylation is 1. The number of aromatic nitrogens is 2. The van der Waals surface area contributed by atoms with Crippen molar-refractivity contribution in [2.75, 3.05) is 13.1 Å². The lowest BCUT2D eigenvalue weighted by molar-refractivity contribution is -0.132. The van der Waals surface area contributed by atoms with Gasteiger partial charge in [-0.05, 0) is 19.3 Å². The number of H-pyrrole nitrogens is 1. The average molecular weight is 276 g/mol. The molecule has 1 fully saturated rings. The highest BCUT2D eigenvalue weighted by Crippen LogP contribution is 2.10. The van der Waals surface area contributed by atoms with E-state index in [-0.39, 0.29) is 24.4 Å². The summed E-state index contributed by atoms with van der Waals surface area (Å²) in [6, 6.07) is 1.72. The number of nitrogens with one attached hydrogen (secondary N) is 1. The van der Waals surface area contributed by atoms with Crippen molar-refractivity contribution in [1.29, 1.82) is 5.26 Å². The quantitative estimate of drug-likeness (QED) is 0.827. The lowest BCUT2D eigenvalue weighted by Crippen LogP contribution is -2.37. The Kier molecular flexibility index (Phi) is 4.35. The van der Waals surface area contributed by atoms with E-state index in [1.807, 2.05) is 0 Å². The third-order valence-corrected chi connectivity index (χ3v) is 3.41. The van der Waals surface area contributed by atoms with Gasteiger partial charge in [0, 0.05) is 32.3 Å². The first-order chi connectivity index (χ1) is 9.61. The summed E-state index contributed by atoms with van der Waals surface area (Å²) in [6.45, 7) is 1.70. The van der Waals surface area contributed by atoms with Crippen LogP contribution in [0.4, 0.5) is 0 Å². The van der Waals surface area contributed by atoms with E-state index in [0.29, 0.717) is 0 Å². The van der Waals surface area contributed by atoms with Crippen LogP contribution in [0.1, 0.15) is 31.2 Å². The number of rotatable bonds is 3. The molecule has 0 unspecified atom stereocenters. The highest BCUT2D eigenvalue weighted by molar-refractivity contribution is 5.76. The Morgan fingerprint density at radius 2 is 2.00 bits per heavy atom. The zero-order valence-electron chi connectivity index (χ0n) is 11.1. The lowest BCUT2D eigenvalue weighted by atomic mass is 10.1. The van der Waals surface area contributed by atoms with Crippen LogP contribution in [0.15, 0.2) is 15.8 Å². The predicted octanol–water partition coefficient (Wildman–Crippen LogP) is -0.189. The summed E-state index contributed by atoms with van der Waals surface area (Å²) in [5.41, 5.74) is -1.42. The molecule has 0 radical (unpaired) electrons. The number of aromatic amines is 1. The lowest BCUT2D eigenvalue weighted by Gasteiger charge is -2.26. The molecule has 2 heterocycles. The summed E-state index contributed by atoms with van der Waals surface area (Å²) in [5, 5.41) is 8.75. The van der Waals surface area contributed by atoms with Gasteiger partial charge in [0.15, 0.2) is 0 Å². The summed E-state index contributed by atoms with van der Waals surface area (Å²) >= 11 is 0. The maximum absolute atomic E-state index is 12.0. The van der Waals surface area contributed by atoms with Crippen molar-refractivity contribution in [3.8, 4) is 6.07 Å². The molecule has 1 N–H and O–H groups in total. The van der Waals surface area contributed by atoms with Gasteiger partial charge in [-0.1, -0.05) is 0 Å². The fourth-order valence-electron chi connectivity index (χ4n) is 2.27. The van der Waals surface area contributed by atoms with Gasteiger partial charge in [0.25, 0.3) is 5.56 Å². The monoisotopic (exact) mass is 276 g/mol. The van der Waals surface area contributed by atoms with E-state index in [4.69, 9.17) is 5.26 Å². The topological polar surface area (TPSA) is 99.0 Å². The van der Waals surface area contributed by atoms with E-state index in [1.54, 1.807) is 11.0 Å². The molecule has 0 spiro atoms. The van der Waals surface area contributed by atoms with Crippen molar-refractivity contribution < 1.29 is 4.79 Å². The fraction of sp³-hybridized carbons (Fsp3) is 0.538. The molecule has 20 heavy (non-hydrogen) atoms. The van der Waals surface area contributed by atoms with Crippen LogP contribution in [0.5, 0.6) is 0 Å². The van der Waals surface area contributed by atoms with Crippen molar-refractivity contribution >= 4 is 5.91 Å². The maximum Gasteiger partial charge on any atom is 0.328 e. The summed E-state index contributed by atoms with van der Waals surface area (Å²) in [7, 11) is 0. The van der Waals surface area contributed by atoms with Crippen molar-refractivity contribution in [2.45, 2.75) is 32.2 Å². The molecule has 7 nitrogen and oxygen atoms in total. The van der Waals surface area contributed by atoms with Gasteiger partial charge in [0.2, 0.25) is 5.91 Å². The second-order valence-electron chi connectivity index (χ2n) is 4.80. The van der Waals surface area contributed by atoms with E-state index in [2.05, 4.69) is 4.98 Å². The number of nitrogens with zero attached hydrogens (tertiary/aromatic N) is 3. The highest BCUT2D eigenvalue weighted by Gasteiger charge is 2.16. The van der Waals surface area contributed by atoms with Crippen LogP contribution < -0.4 is 11.2 Å². The summed E-state index contributed by atoms with van der Waals surface area (Å²) in [5.74, 6) is 0.00121. The average Bonchev–Trinajstić information content (AvgIpc) is 2.47. The van der Waals surface area contributed by atoms with Crippen LogP contribution in [-0.4, -0.2) is 33.4 Å². The fourth-order valence-corrected chi connectivity index (χ4v) is 2.27. The standard InChI is InChI=1S/C13H16N4O3/c14-8-10-9-17(13(20)15-12(10)19)7-4-11(18)16-5-2-1-3-6-16/h9H,1-7H2,(H,15,19,20). The molecular weight excluding hydrogens is 260 g/mol. The maximum atomic E-state index is 12.0. The molecule has 0 saturated carbocycles. The van der Waals surface area contributed by atoms with Gasteiger partial charge in [0.05, 0.1) is 0 Å². The van der Waals surface area contributed by atoms with E-state index in [1.165, 1.54) is 10.8 Å². The van der Waals surface area contributed by atoms with Crippen molar-refractivity contribution in [3.05, 3.63) is 32.6 Å². The summed E-state index contributed by atoms with van der Waals surface area (Å²) < 4.78 is 1.20. The minimum Gasteiger partial charge on any atom is -0.343 e. The van der Waals surface area contributed by atoms with Gasteiger partial charge in [-0.3, -0.25) is 19.1 Å². The molecule has 1 aliphatic rings. The smallest absolute Gasteiger partial charge is 0.328 e. The highest BCUT2D eigenvalue weighted by atomic mass is 16.2. The Bertz CT molecular complexity index is 647. The van der Waals surface area contributed by atoms with Crippen LogP contribution >= 0.6 is 0 Å². The zero-order chi connectivity index (χ0) is 14.5. The van der Waals surface area contributed by atoms with Gasteiger partial charge in [-0.15, -0.1) is 0 Å². The van der Waals surface area contributed by atoms with E-state index in [9.17, 15) is 14.4 Å². The minimum atomic E-state index is -0.698. The molecule has 0 aromatic carbocycles. The van der Waals surface area contributed by atoms with Gasteiger partial charge >= 0.3 is 5.69 Å². The molecule has 1 saturated heterocycles. The van der Waals surface area contributed by atoms with E-state index < -0.39 is 11.2 Å². The SMILES string of the molecule is N#Cc1cn(CCC(=O)N2CCCCC2)c(=O)[nH]c1=O. The molecule has 0 aliphatic carbocycles. The molecule has 2 rings (SSSR count). The normalized spacial score (nSPS) is 14.8. The Morgan fingerprint density at radius 3 is 2.65 bits per heavy atom. The first-order valence-corrected chi connectivity index (χ1v) is 6.63. The molecule has 1 aromatic heterocycles. The number of hydrogen-bond acceptors (Lipinski definition) is 4. The van der Waals surface area contributed by atoms with Crippen molar-refractivity contribution in [2.24, 2.45) is 0 Å². The second-order valence-corrected chi connectivity index (χ2v) is 4.80. The van der Waals surface area contributed by atoms with E-state index in [0.717, 1.165) is 32.4 Å². The molecular formula is C13H16N4O3. The molecule has 1 aliphatic heterocycles. The molecule has 0 atom stereocenters. The van der Waals surface area contributed by atoms with Crippen LogP contribution in [0.2, 0.25) is 0 Å². The Morgan fingerprint density at radius 1 is 1.30 bits per heavy atom. The van der Waals surface area contributed by atoms with Gasteiger partial charge in [-0.2, -0.15) is 5.26 Å². The third kappa shape index (κ3) is 3.15. The van der Waals surface area contributed by atoms with Gasteiger partial charge < -0.3 is 4.90 Å². The van der Waals surface area contributed by atoms with Crippen LogP contribution in [0, 0.1) is 11.3 Å². The zero-order valence-corrected chi connectivity index (χ0v) is 11.1. The number of amides is 1. The predicted molar refractivity (Wildman–Crippen MR) is 71.1 cm³/mol. The minimum absolute atomic E-state index is 0.00121. The number of hydrogen-bond donors (Lipinski definition) is 1. The Hall–Kier alpha value is -2.36. The summed E-state index contributed by atoms with van der Waals surface area (Å²) in [4.78, 5) is 38.7. The number of carbonyl (C=O) groups excluding carboxylic acids is 1. The van der Waals surface area contributed by atoms with Crippen molar-refractivity contribution in [1.82, 2.24) is 14.5 Å². The third-order valence-electron chi connectivity index (χ3n) is 3.41. The molecule has 7 heteroatoms. The number of nitriles is 1. The van der Waals surface area contributed by atoms with Crippen LogP contribution in [0.3, 0.4) is 0 Å². The molecule has 1 aromatic rings. The number of likely N-dealkylation sites (tertiary alicyclic amines) is 1. The number of piperidine rings is 1. The van der Waals surface area contributed by atoms with Crippen molar-refractivity contribution in [3.63, 3.8) is 0 Å². The van der Waals surface area contributed by atoms with Crippen LogP contribution in [0.25, 0.3) is 0 Å². The second kappa shape index (κ2) is 6.19. The van der Waals surface area contributed by atoms with Crippen LogP contribution in [-0.2, 0) is 11.3 Å². The van der Waals surface area contributed by atoms with Gasteiger partial charge in [0.1, 0.15) is 11.6 Å². The summed E-state index contributed by atoms with van der Waals surface area (Å²) in [6.07, 6.45) is 4.57. The van der Waals surface area contributed by atoms with E-state index >= 15 is 0 Å². The molecule has 1 amide bonds. The first kappa shape index (κ1) is 14.1. The van der Waals surface area contributed by atoms with Gasteiger partial charge in [-0.25, -0.2) is 4.79 Å². The first-order valence-electron chi connectivity index (χ1n) is 6.63. The molecule has 106 valence electrons.